The summed E-state index contributed by atoms with van der Waals surface area (Å²) in [5.74, 6) is 0.559. The summed E-state index contributed by atoms with van der Waals surface area (Å²) >= 11 is 0. The number of ether oxygens (including phenoxy) is 3. The van der Waals surface area contributed by atoms with Gasteiger partial charge in [-0.2, -0.15) is 4.98 Å². The van der Waals surface area contributed by atoms with E-state index in [1.54, 1.807) is 50.4 Å². The van der Waals surface area contributed by atoms with Crippen molar-refractivity contribution in [2.24, 2.45) is 0 Å². The molecular weight excluding hydrogens is 379 g/mol. The van der Waals surface area contributed by atoms with E-state index in [2.05, 4.69) is 10.1 Å². The molecule has 0 amide bonds. The Kier molecular flexibility index (Phi) is 6.23. The van der Waals surface area contributed by atoms with E-state index in [9.17, 15) is 9.18 Å². The molecule has 0 saturated carbocycles. The first-order valence-corrected chi connectivity index (χ1v) is 8.66. The largest absolute Gasteiger partial charge is 0.497 e. The van der Waals surface area contributed by atoms with Gasteiger partial charge in [-0.1, -0.05) is 17.3 Å². The van der Waals surface area contributed by atoms with E-state index in [1.807, 2.05) is 0 Å². The van der Waals surface area contributed by atoms with Gasteiger partial charge >= 0.3 is 5.97 Å². The van der Waals surface area contributed by atoms with E-state index < -0.39 is 5.97 Å². The van der Waals surface area contributed by atoms with Crippen molar-refractivity contribution in [3.05, 3.63) is 65.3 Å². The third-order valence-electron chi connectivity index (χ3n) is 4.08. The molecule has 0 unspecified atom stereocenters. The summed E-state index contributed by atoms with van der Waals surface area (Å²) in [7, 11) is 3.08. The van der Waals surface area contributed by atoms with Crippen molar-refractivity contribution in [3.8, 4) is 22.9 Å². The Morgan fingerprint density at radius 2 is 2.00 bits per heavy atom. The monoisotopic (exact) mass is 398 g/mol. The summed E-state index contributed by atoms with van der Waals surface area (Å²) in [6, 6.07) is 9.84. The summed E-state index contributed by atoms with van der Waals surface area (Å²) < 4.78 is 34.2. The standard InChI is InChI=1S/C21H19FN2O5/c1-13-4-5-15(10-17(13)22)21-23-19(29-24-21)12-28-20(25)9-7-14-6-8-16(26-2)11-18(14)27-3/h4-11H,12H2,1-3H3/b9-7+. The van der Waals surface area contributed by atoms with Crippen LogP contribution in [0.2, 0.25) is 0 Å². The summed E-state index contributed by atoms with van der Waals surface area (Å²) in [5, 5.41) is 3.78. The number of methoxy groups -OCH3 is 2. The predicted octanol–water partition coefficient (Wildman–Crippen LogP) is 3.96. The second-order valence-corrected chi connectivity index (χ2v) is 6.02. The zero-order valence-corrected chi connectivity index (χ0v) is 16.1. The number of aromatic nitrogens is 2. The van der Waals surface area contributed by atoms with Crippen LogP contribution in [0.5, 0.6) is 11.5 Å². The molecule has 3 aromatic rings. The lowest BCUT2D eigenvalue weighted by atomic mass is 10.1. The van der Waals surface area contributed by atoms with Crippen LogP contribution in [0.4, 0.5) is 4.39 Å². The Bertz CT molecular complexity index is 1050. The predicted molar refractivity (Wildman–Crippen MR) is 103 cm³/mol. The van der Waals surface area contributed by atoms with Gasteiger partial charge in [-0.3, -0.25) is 0 Å². The Labute approximate surface area is 166 Å². The van der Waals surface area contributed by atoms with Crippen LogP contribution in [0.3, 0.4) is 0 Å². The minimum Gasteiger partial charge on any atom is -0.497 e. The third kappa shape index (κ3) is 4.98. The van der Waals surface area contributed by atoms with Crippen molar-refractivity contribution in [1.29, 1.82) is 0 Å². The average molecular weight is 398 g/mol. The van der Waals surface area contributed by atoms with Gasteiger partial charge in [0.15, 0.2) is 6.61 Å². The van der Waals surface area contributed by atoms with Crippen LogP contribution >= 0.6 is 0 Å². The molecule has 0 N–H and O–H groups in total. The van der Waals surface area contributed by atoms with Crippen molar-refractivity contribution in [2.75, 3.05) is 14.2 Å². The van der Waals surface area contributed by atoms with Crippen molar-refractivity contribution in [1.82, 2.24) is 10.1 Å². The Morgan fingerprint density at radius 1 is 1.17 bits per heavy atom. The normalized spacial score (nSPS) is 10.9. The summed E-state index contributed by atoms with van der Waals surface area (Å²) in [5.41, 5.74) is 1.68. The lowest BCUT2D eigenvalue weighted by molar-refractivity contribution is -0.139. The Balaban J connectivity index is 1.60. The minimum atomic E-state index is -0.594. The fourth-order valence-corrected chi connectivity index (χ4v) is 2.46. The van der Waals surface area contributed by atoms with Gasteiger partial charge in [0, 0.05) is 23.3 Å². The van der Waals surface area contributed by atoms with Crippen LogP contribution in [-0.4, -0.2) is 30.3 Å². The summed E-state index contributed by atoms with van der Waals surface area (Å²) in [6.07, 6.45) is 2.83. The molecule has 1 heterocycles. The van der Waals surface area contributed by atoms with Gasteiger partial charge in [0.2, 0.25) is 5.82 Å². The number of carbonyl (C=O) groups is 1. The Morgan fingerprint density at radius 3 is 2.72 bits per heavy atom. The number of benzene rings is 2. The van der Waals surface area contributed by atoms with Gasteiger partial charge in [-0.05, 0) is 36.8 Å². The lowest BCUT2D eigenvalue weighted by Crippen LogP contribution is -2.01. The van der Waals surface area contributed by atoms with Crippen LogP contribution < -0.4 is 9.47 Å². The number of esters is 1. The van der Waals surface area contributed by atoms with Crippen molar-refractivity contribution >= 4 is 12.0 Å². The topological polar surface area (TPSA) is 83.7 Å². The van der Waals surface area contributed by atoms with Gasteiger partial charge in [0.1, 0.15) is 17.3 Å². The molecule has 0 radical (unpaired) electrons. The van der Waals surface area contributed by atoms with Gasteiger partial charge in [-0.15, -0.1) is 0 Å². The molecule has 150 valence electrons. The lowest BCUT2D eigenvalue weighted by Gasteiger charge is -2.07. The number of nitrogens with zero attached hydrogens (tertiary/aromatic N) is 2. The molecule has 0 atom stereocenters. The van der Waals surface area contributed by atoms with E-state index in [1.165, 1.54) is 19.3 Å². The number of aryl methyl sites for hydroxylation is 1. The minimum absolute atomic E-state index is 0.102. The summed E-state index contributed by atoms with van der Waals surface area (Å²) in [4.78, 5) is 16.1. The molecule has 0 saturated heterocycles. The van der Waals surface area contributed by atoms with Gasteiger partial charge in [-0.25, -0.2) is 9.18 Å². The molecule has 0 bridgehead atoms. The molecule has 0 aliphatic rings. The van der Waals surface area contributed by atoms with Crippen molar-refractivity contribution in [2.45, 2.75) is 13.5 Å². The Hall–Kier alpha value is -3.68. The zero-order valence-electron chi connectivity index (χ0n) is 16.1. The smallest absolute Gasteiger partial charge is 0.331 e. The number of hydrogen-bond donors (Lipinski definition) is 0. The average Bonchev–Trinajstić information content (AvgIpc) is 3.21. The van der Waals surface area contributed by atoms with Crippen LogP contribution in [0.25, 0.3) is 17.5 Å². The molecular formula is C21H19FN2O5. The number of rotatable bonds is 7. The third-order valence-corrected chi connectivity index (χ3v) is 4.08. The van der Waals surface area contributed by atoms with Gasteiger partial charge in [0.05, 0.1) is 14.2 Å². The quantitative estimate of drug-likeness (QED) is 0.440. The van der Waals surface area contributed by atoms with E-state index in [-0.39, 0.29) is 24.1 Å². The molecule has 1 aromatic heterocycles. The molecule has 0 spiro atoms. The van der Waals surface area contributed by atoms with Crippen LogP contribution in [0, 0.1) is 12.7 Å². The molecule has 2 aromatic carbocycles. The fourth-order valence-electron chi connectivity index (χ4n) is 2.46. The maximum Gasteiger partial charge on any atom is 0.331 e. The second-order valence-electron chi connectivity index (χ2n) is 6.02. The highest BCUT2D eigenvalue weighted by Crippen LogP contribution is 2.25. The van der Waals surface area contributed by atoms with Gasteiger partial charge in [0.25, 0.3) is 5.89 Å². The van der Waals surface area contributed by atoms with E-state index in [0.29, 0.717) is 28.2 Å². The number of hydrogen-bond acceptors (Lipinski definition) is 7. The first-order chi connectivity index (χ1) is 14.0. The van der Waals surface area contributed by atoms with Crippen LogP contribution in [0.15, 0.2) is 47.0 Å². The van der Waals surface area contributed by atoms with Crippen LogP contribution in [0.1, 0.15) is 17.0 Å². The first kappa shape index (κ1) is 20.1. The number of carbonyl (C=O) groups excluding carboxylic acids is 1. The maximum atomic E-state index is 13.7. The van der Waals surface area contributed by atoms with E-state index >= 15 is 0 Å². The molecule has 0 fully saturated rings. The van der Waals surface area contributed by atoms with E-state index in [4.69, 9.17) is 18.7 Å². The molecule has 3 rings (SSSR count). The first-order valence-electron chi connectivity index (χ1n) is 8.66. The highest BCUT2D eigenvalue weighted by atomic mass is 19.1. The van der Waals surface area contributed by atoms with Crippen molar-refractivity contribution < 1.29 is 27.9 Å². The molecule has 8 heteroatoms. The van der Waals surface area contributed by atoms with E-state index in [0.717, 1.165) is 0 Å². The number of halogens is 1. The molecule has 29 heavy (non-hydrogen) atoms. The summed E-state index contributed by atoms with van der Waals surface area (Å²) in [6.45, 7) is 1.46. The van der Waals surface area contributed by atoms with Crippen molar-refractivity contribution in [3.63, 3.8) is 0 Å². The van der Waals surface area contributed by atoms with Crippen LogP contribution in [-0.2, 0) is 16.1 Å². The highest BCUT2D eigenvalue weighted by molar-refractivity contribution is 5.87. The zero-order chi connectivity index (χ0) is 20.8. The fraction of sp³-hybridized carbons (Fsp3) is 0.190. The second kappa shape index (κ2) is 9.01. The highest BCUT2D eigenvalue weighted by Gasteiger charge is 2.12. The molecule has 7 nitrogen and oxygen atoms in total. The maximum absolute atomic E-state index is 13.7. The molecule has 0 aliphatic heterocycles. The van der Waals surface area contributed by atoms with Gasteiger partial charge < -0.3 is 18.7 Å². The molecule has 0 aliphatic carbocycles. The SMILES string of the molecule is COc1ccc(/C=C/C(=O)OCc2nc(-c3ccc(C)c(F)c3)no2)c(OC)c1.